The van der Waals surface area contributed by atoms with Crippen molar-refractivity contribution >= 4 is 10.0 Å². The van der Waals surface area contributed by atoms with Crippen LogP contribution in [0.3, 0.4) is 0 Å². The maximum Gasteiger partial charge on any atom is 0.211 e. The first-order valence-electron chi connectivity index (χ1n) is 5.97. The van der Waals surface area contributed by atoms with E-state index in [0.29, 0.717) is 25.7 Å². The van der Waals surface area contributed by atoms with Crippen LogP contribution in [0.4, 0.5) is 0 Å². The van der Waals surface area contributed by atoms with Crippen LogP contribution in [0.5, 0.6) is 0 Å². The second kappa shape index (κ2) is 5.44. The molecule has 0 saturated carbocycles. The molecule has 2 saturated heterocycles. The molecule has 0 radical (unpaired) electrons. The van der Waals surface area contributed by atoms with Crippen molar-refractivity contribution in [3.8, 4) is 0 Å². The van der Waals surface area contributed by atoms with Crippen molar-refractivity contribution in [1.82, 2.24) is 10.0 Å². The summed E-state index contributed by atoms with van der Waals surface area (Å²) in [7, 11) is -3.12. The lowest BCUT2D eigenvalue weighted by molar-refractivity contribution is 0.192. The van der Waals surface area contributed by atoms with E-state index in [4.69, 9.17) is 4.74 Å². The van der Waals surface area contributed by atoms with E-state index in [1.807, 2.05) is 0 Å². The second-order valence-corrected chi connectivity index (χ2v) is 6.45. The Labute approximate surface area is 97.0 Å². The average molecular weight is 248 g/mol. The van der Waals surface area contributed by atoms with Gasteiger partial charge in [-0.15, -0.1) is 0 Å². The predicted octanol–water partition coefficient (Wildman–Crippen LogP) is -0.163. The van der Waals surface area contributed by atoms with Crippen molar-refractivity contribution in [3.05, 3.63) is 0 Å². The van der Waals surface area contributed by atoms with Crippen LogP contribution in [0.1, 0.15) is 25.7 Å². The van der Waals surface area contributed by atoms with Gasteiger partial charge in [0.2, 0.25) is 10.0 Å². The van der Waals surface area contributed by atoms with Gasteiger partial charge in [0.05, 0.1) is 12.4 Å². The smallest absolute Gasteiger partial charge is 0.211 e. The second-order valence-electron chi connectivity index (χ2n) is 4.58. The minimum Gasteiger partial charge on any atom is -0.380 e. The summed E-state index contributed by atoms with van der Waals surface area (Å²) in [6.07, 6.45) is 3.76. The minimum absolute atomic E-state index is 0.0125. The highest BCUT2D eigenvalue weighted by Crippen LogP contribution is 2.11. The molecule has 2 aliphatic rings. The molecule has 2 atom stereocenters. The molecule has 6 heteroatoms. The molecular formula is C10H20N2O3S. The molecule has 2 fully saturated rings. The molecule has 16 heavy (non-hydrogen) atoms. The largest absolute Gasteiger partial charge is 0.380 e. The third-order valence-corrected chi connectivity index (χ3v) is 4.64. The van der Waals surface area contributed by atoms with Crippen LogP contribution >= 0.6 is 0 Å². The third kappa shape index (κ3) is 3.69. The Bertz CT molecular complexity index is 306. The van der Waals surface area contributed by atoms with E-state index in [-0.39, 0.29) is 11.8 Å². The summed E-state index contributed by atoms with van der Waals surface area (Å²) < 4.78 is 31.3. The van der Waals surface area contributed by atoms with Crippen LogP contribution in [-0.2, 0) is 14.8 Å². The predicted molar refractivity (Wildman–Crippen MR) is 61.8 cm³/mol. The fourth-order valence-electron chi connectivity index (χ4n) is 2.24. The van der Waals surface area contributed by atoms with Crippen molar-refractivity contribution in [2.45, 2.75) is 37.8 Å². The van der Waals surface area contributed by atoms with Gasteiger partial charge < -0.3 is 10.1 Å². The molecule has 2 unspecified atom stereocenters. The number of nitrogens with one attached hydrogen (secondary N) is 2. The van der Waals surface area contributed by atoms with Gasteiger partial charge in [-0.25, -0.2) is 13.1 Å². The fraction of sp³-hybridized carbons (Fsp3) is 1.00. The van der Waals surface area contributed by atoms with Crippen molar-refractivity contribution in [1.29, 1.82) is 0 Å². The standard InChI is InChI=1S/C10H20N2O3S/c13-16(14,12-10-3-6-15-8-10)7-4-9-2-1-5-11-9/h9-12H,1-8H2. The van der Waals surface area contributed by atoms with Gasteiger partial charge in [-0.2, -0.15) is 0 Å². The normalized spacial score (nSPS) is 31.0. The van der Waals surface area contributed by atoms with Gasteiger partial charge in [0, 0.05) is 18.7 Å². The van der Waals surface area contributed by atoms with E-state index < -0.39 is 10.0 Å². The molecular weight excluding hydrogens is 228 g/mol. The zero-order valence-electron chi connectivity index (χ0n) is 9.44. The van der Waals surface area contributed by atoms with E-state index in [1.165, 1.54) is 0 Å². The van der Waals surface area contributed by atoms with Crippen LogP contribution in [0.15, 0.2) is 0 Å². The summed E-state index contributed by atoms with van der Waals surface area (Å²) in [5, 5.41) is 3.31. The van der Waals surface area contributed by atoms with Gasteiger partial charge in [-0.05, 0) is 32.2 Å². The number of hydrogen-bond donors (Lipinski definition) is 2. The fourth-order valence-corrected chi connectivity index (χ4v) is 3.65. The highest BCUT2D eigenvalue weighted by Gasteiger charge is 2.23. The Morgan fingerprint density at radius 1 is 1.38 bits per heavy atom. The molecule has 5 nitrogen and oxygen atoms in total. The Kier molecular flexibility index (Phi) is 4.18. The zero-order chi connectivity index (χ0) is 11.4. The monoisotopic (exact) mass is 248 g/mol. The summed E-state index contributed by atoms with van der Waals surface area (Å²) in [6.45, 7) is 2.20. The minimum atomic E-state index is -3.12. The highest BCUT2D eigenvalue weighted by atomic mass is 32.2. The third-order valence-electron chi connectivity index (χ3n) is 3.17. The SMILES string of the molecule is O=S(=O)(CCC1CCCN1)NC1CCOC1. The summed E-state index contributed by atoms with van der Waals surface area (Å²) in [5.41, 5.74) is 0. The maximum atomic E-state index is 11.7. The molecule has 0 aromatic rings. The summed E-state index contributed by atoms with van der Waals surface area (Å²) >= 11 is 0. The van der Waals surface area contributed by atoms with Crippen molar-refractivity contribution in [2.24, 2.45) is 0 Å². The zero-order valence-corrected chi connectivity index (χ0v) is 10.3. The topological polar surface area (TPSA) is 67.4 Å². The van der Waals surface area contributed by atoms with E-state index in [1.54, 1.807) is 0 Å². The van der Waals surface area contributed by atoms with Crippen LogP contribution in [0, 0.1) is 0 Å². The molecule has 2 N–H and O–H groups in total. The van der Waals surface area contributed by atoms with Gasteiger partial charge in [-0.3, -0.25) is 0 Å². The van der Waals surface area contributed by atoms with Crippen LogP contribution < -0.4 is 10.0 Å². The average Bonchev–Trinajstić information content (AvgIpc) is 2.85. The number of ether oxygens (including phenoxy) is 1. The first-order chi connectivity index (χ1) is 7.66. The van der Waals surface area contributed by atoms with Crippen LogP contribution in [-0.4, -0.2) is 46.0 Å². The molecule has 0 amide bonds. The molecule has 0 spiro atoms. The van der Waals surface area contributed by atoms with Gasteiger partial charge in [0.25, 0.3) is 0 Å². The van der Waals surface area contributed by atoms with Gasteiger partial charge in [0.15, 0.2) is 0 Å². The van der Waals surface area contributed by atoms with Gasteiger partial charge >= 0.3 is 0 Å². The molecule has 2 aliphatic heterocycles. The van der Waals surface area contributed by atoms with Crippen LogP contribution in [0.2, 0.25) is 0 Å². The first kappa shape index (κ1) is 12.3. The molecule has 0 bridgehead atoms. The molecule has 0 aromatic carbocycles. The van der Waals surface area contributed by atoms with Gasteiger partial charge in [0.1, 0.15) is 0 Å². The lowest BCUT2D eigenvalue weighted by Gasteiger charge is -2.13. The van der Waals surface area contributed by atoms with E-state index in [0.717, 1.165) is 25.8 Å². The summed E-state index contributed by atoms with van der Waals surface area (Å²) in [6, 6.07) is 0.373. The van der Waals surface area contributed by atoms with Gasteiger partial charge in [-0.1, -0.05) is 0 Å². The van der Waals surface area contributed by atoms with E-state index >= 15 is 0 Å². The Balaban J connectivity index is 1.73. The quantitative estimate of drug-likeness (QED) is 0.709. The molecule has 0 aromatic heterocycles. The molecule has 2 heterocycles. The van der Waals surface area contributed by atoms with Crippen LogP contribution in [0.25, 0.3) is 0 Å². The number of hydrogen-bond acceptors (Lipinski definition) is 4. The highest BCUT2D eigenvalue weighted by molar-refractivity contribution is 7.89. The van der Waals surface area contributed by atoms with Crippen molar-refractivity contribution in [2.75, 3.05) is 25.5 Å². The Morgan fingerprint density at radius 3 is 2.88 bits per heavy atom. The van der Waals surface area contributed by atoms with E-state index in [9.17, 15) is 8.42 Å². The lowest BCUT2D eigenvalue weighted by Crippen LogP contribution is -2.38. The number of rotatable bonds is 5. The summed E-state index contributed by atoms with van der Waals surface area (Å²) in [5.74, 6) is 0.223. The Morgan fingerprint density at radius 2 is 2.25 bits per heavy atom. The lowest BCUT2D eigenvalue weighted by atomic mass is 10.2. The number of sulfonamides is 1. The molecule has 94 valence electrons. The van der Waals surface area contributed by atoms with E-state index in [2.05, 4.69) is 10.0 Å². The maximum absolute atomic E-state index is 11.7. The van der Waals surface area contributed by atoms with Crippen molar-refractivity contribution in [3.63, 3.8) is 0 Å². The molecule has 0 aliphatic carbocycles. The Hall–Kier alpha value is -0.170. The molecule has 2 rings (SSSR count). The summed E-state index contributed by atoms with van der Waals surface area (Å²) in [4.78, 5) is 0. The van der Waals surface area contributed by atoms with Crippen molar-refractivity contribution < 1.29 is 13.2 Å². The first-order valence-corrected chi connectivity index (χ1v) is 7.62.